The van der Waals surface area contributed by atoms with Gasteiger partial charge in [-0.1, -0.05) is 189 Å². The molecule has 2 atom stereocenters. The maximum Gasteiger partial charge on any atom is 0.472 e. The van der Waals surface area contributed by atoms with Crippen molar-refractivity contribution in [3.63, 3.8) is 0 Å². The van der Waals surface area contributed by atoms with Gasteiger partial charge in [-0.2, -0.15) is 0 Å². The van der Waals surface area contributed by atoms with Gasteiger partial charge in [0.25, 0.3) is 0 Å². The van der Waals surface area contributed by atoms with Gasteiger partial charge < -0.3 is 18.9 Å². The van der Waals surface area contributed by atoms with Crippen LogP contribution in [-0.2, 0) is 32.7 Å². The molecular formula is C53H93NO8P+. The van der Waals surface area contributed by atoms with Gasteiger partial charge in [-0.3, -0.25) is 18.6 Å². The third-order valence-electron chi connectivity index (χ3n) is 10.2. The molecule has 0 aliphatic carbocycles. The van der Waals surface area contributed by atoms with E-state index in [9.17, 15) is 19.0 Å². The number of carbonyl (C=O) groups is 2. The minimum Gasteiger partial charge on any atom is -0.462 e. The molecule has 0 saturated heterocycles. The normalized spacial score (nSPS) is 14.2. The number of allylic oxidation sites excluding steroid dienone is 14. The fraction of sp³-hybridized carbons (Fsp3) is 0.698. The predicted molar refractivity (Wildman–Crippen MR) is 265 cm³/mol. The van der Waals surface area contributed by atoms with Crippen molar-refractivity contribution in [2.24, 2.45) is 0 Å². The Labute approximate surface area is 386 Å². The lowest BCUT2D eigenvalue weighted by molar-refractivity contribution is -0.870. The van der Waals surface area contributed by atoms with E-state index in [1.165, 1.54) is 64.2 Å². The Morgan fingerprint density at radius 3 is 1.35 bits per heavy atom. The summed E-state index contributed by atoms with van der Waals surface area (Å²) in [6.45, 7) is 4.27. The number of phosphoric acid groups is 1. The van der Waals surface area contributed by atoms with Crippen molar-refractivity contribution in [3.05, 3.63) is 85.1 Å². The molecule has 1 N–H and O–H groups in total. The predicted octanol–water partition coefficient (Wildman–Crippen LogP) is 14.7. The molecule has 0 saturated carbocycles. The Hall–Kier alpha value is -2.81. The van der Waals surface area contributed by atoms with Crippen LogP contribution in [0.5, 0.6) is 0 Å². The average Bonchev–Trinajstić information content (AvgIpc) is 3.24. The lowest BCUT2D eigenvalue weighted by atomic mass is 10.1. The molecule has 0 spiro atoms. The molecule has 0 radical (unpaired) electrons. The molecular weight excluding hydrogens is 810 g/mol. The summed E-state index contributed by atoms with van der Waals surface area (Å²) in [4.78, 5) is 35.4. The highest BCUT2D eigenvalue weighted by Crippen LogP contribution is 2.43. The van der Waals surface area contributed by atoms with E-state index in [1.54, 1.807) is 0 Å². The molecule has 2 unspecified atom stereocenters. The van der Waals surface area contributed by atoms with Gasteiger partial charge in [-0.25, -0.2) is 4.57 Å². The smallest absolute Gasteiger partial charge is 0.462 e. The number of hydrogen-bond acceptors (Lipinski definition) is 7. The Kier molecular flexibility index (Phi) is 42.4. The quantitative estimate of drug-likeness (QED) is 0.0212. The van der Waals surface area contributed by atoms with Gasteiger partial charge in [0.15, 0.2) is 6.10 Å². The van der Waals surface area contributed by atoms with Gasteiger partial charge in [0.1, 0.15) is 19.8 Å². The standard InChI is InChI=1S/C53H92NO8P/c1-6-8-10-12-14-16-18-19-20-21-22-23-24-25-26-27-28-29-30-31-32-33-34-35-36-38-40-42-44-46-53(56)62-51(50-61-63(57,58)60-48-47-54(3,4)5)49-59-52(55)45-43-41-39-37-17-15-13-11-9-7-2/h8,10,14,16,19-20,22-23,25-26,28-29,31-32,51H,6-7,9,11-13,15,17-18,21,24,27,30,33-50H2,1-5H3/p+1/b10-8-,16-14-,20-19-,23-22-,26-25-,29-28-,32-31-. The summed E-state index contributed by atoms with van der Waals surface area (Å²) in [6.07, 6.45) is 57.8. The Morgan fingerprint density at radius 1 is 0.508 bits per heavy atom. The maximum atomic E-state index is 12.7. The van der Waals surface area contributed by atoms with Crippen molar-refractivity contribution in [1.82, 2.24) is 0 Å². The van der Waals surface area contributed by atoms with E-state index in [0.717, 1.165) is 89.9 Å². The number of rotatable bonds is 44. The van der Waals surface area contributed by atoms with Gasteiger partial charge in [-0.05, 0) is 70.6 Å². The van der Waals surface area contributed by atoms with Crippen LogP contribution in [0, 0.1) is 0 Å². The largest absolute Gasteiger partial charge is 0.472 e. The first-order chi connectivity index (χ1) is 30.5. The van der Waals surface area contributed by atoms with Crippen LogP contribution in [0.3, 0.4) is 0 Å². The van der Waals surface area contributed by atoms with Crippen molar-refractivity contribution < 1.29 is 42.1 Å². The lowest BCUT2D eigenvalue weighted by Gasteiger charge is -2.24. The molecule has 10 heteroatoms. The Bertz CT molecular complexity index is 1340. The SMILES string of the molecule is CC/C=C\C/C=C\C/C=C\C/C=C\C/C=C\C/C=C\C/C=C\CCCCCCCCCC(=O)OC(COC(=O)CCCCCCCCCCCC)COP(=O)(O)OCC[N+](C)(C)C. The zero-order valence-corrected chi connectivity index (χ0v) is 41.7. The molecule has 362 valence electrons. The summed E-state index contributed by atoms with van der Waals surface area (Å²) in [6, 6.07) is 0. The van der Waals surface area contributed by atoms with Crippen molar-refractivity contribution in [1.29, 1.82) is 0 Å². The summed E-state index contributed by atoms with van der Waals surface area (Å²) < 4.78 is 34.3. The molecule has 0 amide bonds. The van der Waals surface area contributed by atoms with Gasteiger partial charge in [0.05, 0.1) is 27.7 Å². The molecule has 0 aromatic heterocycles. The molecule has 0 aromatic carbocycles. The zero-order chi connectivity index (χ0) is 46.4. The van der Waals surface area contributed by atoms with Crippen LogP contribution in [0.2, 0.25) is 0 Å². The number of hydrogen-bond donors (Lipinski definition) is 1. The molecule has 0 rings (SSSR count). The van der Waals surface area contributed by atoms with Crippen LogP contribution < -0.4 is 0 Å². The van der Waals surface area contributed by atoms with E-state index in [4.69, 9.17) is 18.5 Å². The fourth-order valence-electron chi connectivity index (χ4n) is 6.35. The Morgan fingerprint density at radius 2 is 0.905 bits per heavy atom. The molecule has 9 nitrogen and oxygen atoms in total. The second kappa shape index (κ2) is 44.4. The summed E-state index contributed by atoms with van der Waals surface area (Å²) >= 11 is 0. The van der Waals surface area contributed by atoms with Crippen molar-refractivity contribution in [2.45, 2.75) is 193 Å². The number of unbranched alkanes of at least 4 members (excludes halogenated alkanes) is 16. The number of likely N-dealkylation sites (N-methyl/N-ethyl adjacent to an activating group) is 1. The van der Waals surface area contributed by atoms with Crippen molar-refractivity contribution >= 4 is 19.8 Å². The number of esters is 2. The number of phosphoric ester groups is 1. The first-order valence-corrected chi connectivity index (χ1v) is 26.3. The summed E-state index contributed by atoms with van der Waals surface area (Å²) in [5, 5.41) is 0. The molecule has 0 aliphatic heterocycles. The van der Waals surface area contributed by atoms with Crippen molar-refractivity contribution in [2.75, 3.05) is 47.5 Å². The summed E-state index contributed by atoms with van der Waals surface area (Å²) in [7, 11) is 1.46. The lowest BCUT2D eigenvalue weighted by Crippen LogP contribution is -2.37. The topological polar surface area (TPSA) is 108 Å². The van der Waals surface area contributed by atoms with E-state index in [-0.39, 0.29) is 32.0 Å². The highest BCUT2D eigenvalue weighted by molar-refractivity contribution is 7.47. The van der Waals surface area contributed by atoms with E-state index in [2.05, 4.69) is 98.9 Å². The molecule has 0 fully saturated rings. The monoisotopic (exact) mass is 903 g/mol. The van der Waals surface area contributed by atoms with Crippen molar-refractivity contribution in [3.8, 4) is 0 Å². The highest BCUT2D eigenvalue weighted by atomic mass is 31.2. The van der Waals surface area contributed by atoms with E-state index in [1.807, 2.05) is 21.1 Å². The van der Waals surface area contributed by atoms with Crippen LogP contribution in [0.25, 0.3) is 0 Å². The van der Waals surface area contributed by atoms with E-state index >= 15 is 0 Å². The maximum absolute atomic E-state index is 12.7. The van der Waals surface area contributed by atoms with Gasteiger partial charge in [0.2, 0.25) is 0 Å². The van der Waals surface area contributed by atoms with Crippen LogP contribution in [-0.4, -0.2) is 74.9 Å². The zero-order valence-electron chi connectivity index (χ0n) is 40.8. The number of nitrogens with zero attached hydrogens (tertiary/aromatic N) is 1. The van der Waals surface area contributed by atoms with Crippen LogP contribution >= 0.6 is 7.82 Å². The number of quaternary nitrogens is 1. The molecule has 0 aromatic rings. The third-order valence-corrected chi connectivity index (χ3v) is 11.2. The molecule has 0 bridgehead atoms. The van der Waals surface area contributed by atoms with Crippen LogP contribution in [0.1, 0.15) is 187 Å². The third kappa shape index (κ3) is 48.5. The van der Waals surface area contributed by atoms with E-state index < -0.39 is 26.5 Å². The molecule has 0 aliphatic rings. The number of carbonyl (C=O) groups excluding carboxylic acids is 2. The Balaban J connectivity index is 4.22. The van der Waals surface area contributed by atoms with Crippen LogP contribution in [0.15, 0.2) is 85.1 Å². The molecule has 0 heterocycles. The number of ether oxygens (including phenoxy) is 2. The highest BCUT2D eigenvalue weighted by Gasteiger charge is 2.27. The minimum absolute atomic E-state index is 0.0261. The van der Waals surface area contributed by atoms with Crippen LogP contribution in [0.4, 0.5) is 0 Å². The first kappa shape index (κ1) is 60.2. The van der Waals surface area contributed by atoms with Gasteiger partial charge in [-0.15, -0.1) is 0 Å². The molecule has 63 heavy (non-hydrogen) atoms. The van der Waals surface area contributed by atoms with Gasteiger partial charge in [0, 0.05) is 12.8 Å². The summed E-state index contributed by atoms with van der Waals surface area (Å²) in [5.41, 5.74) is 0. The fourth-order valence-corrected chi connectivity index (χ4v) is 7.09. The summed E-state index contributed by atoms with van der Waals surface area (Å²) in [5.74, 6) is -0.817. The first-order valence-electron chi connectivity index (χ1n) is 24.8. The second-order valence-electron chi connectivity index (χ2n) is 17.5. The van der Waals surface area contributed by atoms with Gasteiger partial charge >= 0.3 is 19.8 Å². The average molecular weight is 903 g/mol. The second-order valence-corrected chi connectivity index (χ2v) is 18.9. The van der Waals surface area contributed by atoms with E-state index in [0.29, 0.717) is 17.4 Å². The minimum atomic E-state index is -4.38.